The Morgan fingerprint density at radius 2 is 1.78 bits per heavy atom. The van der Waals surface area contributed by atoms with Crippen LogP contribution in [0.25, 0.3) is 0 Å². The summed E-state index contributed by atoms with van der Waals surface area (Å²) in [6.45, 7) is 12.0. The van der Waals surface area contributed by atoms with Crippen LogP contribution in [0.4, 0.5) is 0 Å². The second-order valence-electron chi connectivity index (χ2n) is 11.6. The van der Waals surface area contributed by atoms with Crippen molar-refractivity contribution in [1.29, 1.82) is 0 Å². The quantitative estimate of drug-likeness (QED) is 0.369. The smallest absolute Gasteiger partial charge is 0.293 e. The van der Waals surface area contributed by atoms with Gasteiger partial charge < -0.3 is 4.74 Å². The maximum atomic E-state index is 13.5. The van der Waals surface area contributed by atoms with Crippen molar-refractivity contribution in [2.75, 3.05) is 0 Å². The van der Waals surface area contributed by atoms with Crippen LogP contribution in [0.1, 0.15) is 86.5 Å². The number of allylic oxidation sites excluding steroid dienone is 1. The Kier molecular flexibility index (Phi) is 6.71. The molecule has 0 saturated heterocycles. The second-order valence-corrected chi connectivity index (χ2v) is 12.9. The van der Waals surface area contributed by atoms with E-state index in [0.717, 1.165) is 37.7 Å². The highest BCUT2D eigenvalue weighted by molar-refractivity contribution is 9.10. The number of fused-ring (bicyclic) bond motifs is 5. The zero-order chi connectivity index (χ0) is 24.1. The maximum Gasteiger partial charge on any atom is 0.293 e. The molecule has 0 heterocycles. The maximum absolute atomic E-state index is 13.5. The summed E-state index contributed by atoms with van der Waals surface area (Å²) in [6.07, 6.45) is 7.40. The van der Waals surface area contributed by atoms with Crippen LogP contribution < -0.4 is 0 Å². The lowest BCUT2D eigenvalue weighted by molar-refractivity contribution is -0.143. The Labute approximate surface area is 200 Å². The second kappa shape index (κ2) is 8.48. The third-order valence-electron chi connectivity index (χ3n) is 8.69. The fourth-order valence-corrected chi connectivity index (χ4v) is 8.24. The molecule has 0 amide bonds. The van der Waals surface area contributed by atoms with E-state index in [1.807, 2.05) is 26.8 Å². The molecule has 3 saturated carbocycles. The molecule has 5 nitrogen and oxygen atoms in total. The Morgan fingerprint density at radius 1 is 1.12 bits per heavy atom. The van der Waals surface area contributed by atoms with Crippen LogP contribution in [0.15, 0.2) is 11.6 Å². The Bertz CT molecular complexity index is 855. The van der Waals surface area contributed by atoms with Crippen molar-refractivity contribution >= 4 is 39.8 Å². The average Bonchev–Trinajstić information content (AvgIpc) is 3.00. The molecule has 0 N–H and O–H groups in total. The summed E-state index contributed by atoms with van der Waals surface area (Å²) in [6, 6.07) is 0. The fourth-order valence-electron chi connectivity index (χ4n) is 7.10. The minimum atomic E-state index is -0.569. The zero-order valence-corrected chi connectivity index (χ0v) is 21.8. The van der Waals surface area contributed by atoms with Gasteiger partial charge in [-0.1, -0.05) is 35.4 Å². The van der Waals surface area contributed by atoms with Gasteiger partial charge in [0.15, 0.2) is 11.6 Å². The molecule has 3 fully saturated rings. The van der Waals surface area contributed by atoms with Gasteiger partial charge in [-0.2, -0.15) is 0 Å². The predicted molar refractivity (Wildman–Crippen MR) is 126 cm³/mol. The first-order valence-electron chi connectivity index (χ1n) is 11.8. The van der Waals surface area contributed by atoms with Gasteiger partial charge in [0.05, 0.1) is 4.32 Å². The molecule has 6 atom stereocenters. The van der Waals surface area contributed by atoms with Crippen LogP contribution in [-0.4, -0.2) is 33.7 Å². The Hall–Kier alpha value is -1.30. The summed E-state index contributed by atoms with van der Waals surface area (Å²) in [7, 11) is 0. The lowest BCUT2D eigenvalue weighted by Gasteiger charge is -2.61. The highest BCUT2D eigenvalue weighted by Crippen LogP contribution is 2.69. The highest BCUT2D eigenvalue weighted by atomic mass is 79.9. The summed E-state index contributed by atoms with van der Waals surface area (Å²) < 4.78 is 3.98. The standard InChI is InChI=1S/C21H27BrO3.C5H10O2/c1-12(23)15-6-7-16-17-5-4-13-10-14(24)8-9-20(13,3)21(17,22)18(25)11-19(15,16)2;1-5(2,3)7-4-6/h10,15-17H,4-9,11H2,1-3H3;4H,1-3H3/t15-,16+,17+,19-,20+,21+;/m1./s1. The molecule has 4 rings (SSSR count). The Balaban J connectivity index is 0.000000360. The average molecular weight is 509 g/mol. The van der Waals surface area contributed by atoms with Crippen molar-refractivity contribution in [3.8, 4) is 0 Å². The van der Waals surface area contributed by atoms with Crippen LogP contribution in [0.3, 0.4) is 0 Å². The van der Waals surface area contributed by atoms with Gasteiger partial charge in [-0.3, -0.25) is 19.2 Å². The number of hydrogen-bond acceptors (Lipinski definition) is 5. The lowest BCUT2D eigenvalue weighted by atomic mass is 9.46. The molecule has 0 aliphatic heterocycles. The van der Waals surface area contributed by atoms with Crippen molar-refractivity contribution in [2.24, 2.45) is 28.6 Å². The van der Waals surface area contributed by atoms with Gasteiger partial charge in [0, 0.05) is 24.2 Å². The third-order valence-corrected chi connectivity index (χ3v) is 10.6. The van der Waals surface area contributed by atoms with Crippen molar-refractivity contribution in [3.63, 3.8) is 0 Å². The number of halogens is 1. The number of ether oxygens (including phenoxy) is 1. The van der Waals surface area contributed by atoms with Crippen LogP contribution in [0.5, 0.6) is 0 Å². The molecule has 0 radical (unpaired) electrons. The summed E-state index contributed by atoms with van der Waals surface area (Å²) in [4.78, 5) is 47.3. The van der Waals surface area contributed by atoms with E-state index in [1.165, 1.54) is 0 Å². The Morgan fingerprint density at radius 3 is 2.31 bits per heavy atom. The molecule has 0 aromatic rings. The SMILES string of the molecule is CC(=O)[C@H]1CC[C@H]2[C@@H]3CCC4=CC(=O)CC[C@]4(C)[C@@]3(Br)C(=O)C[C@]12C.CC(C)(C)OC=O. The van der Waals surface area contributed by atoms with Gasteiger partial charge in [0.2, 0.25) is 0 Å². The van der Waals surface area contributed by atoms with Gasteiger partial charge in [-0.25, -0.2) is 0 Å². The molecule has 4 aliphatic rings. The van der Waals surface area contributed by atoms with Crippen molar-refractivity contribution in [1.82, 2.24) is 0 Å². The van der Waals surface area contributed by atoms with E-state index in [-0.39, 0.29) is 45.6 Å². The first-order valence-corrected chi connectivity index (χ1v) is 12.6. The molecule has 0 aromatic heterocycles. The summed E-state index contributed by atoms with van der Waals surface area (Å²) in [5.74, 6) is 1.40. The molecule has 0 unspecified atom stereocenters. The van der Waals surface area contributed by atoms with Gasteiger partial charge in [-0.15, -0.1) is 0 Å². The first kappa shape index (κ1) is 25.3. The molecule has 0 spiro atoms. The number of carbonyl (C=O) groups is 4. The number of alkyl halides is 1. The van der Waals surface area contributed by atoms with E-state index in [9.17, 15) is 19.2 Å². The fraction of sp³-hybridized carbons (Fsp3) is 0.769. The van der Waals surface area contributed by atoms with Crippen LogP contribution >= 0.6 is 15.9 Å². The van der Waals surface area contributed by atoms with Crippen molar-refractivity contribution in [3.05, 3.63) is 11.6 Å². The first-order chi connectivity index (χ1) is 14.7. The molecular formula is C26H37BrO5. The number of rotatable bonds is 2. The minimum absolute atomic E-state index is 0.0242. The molecule has 0 bridgehead atoms. The van der Waals surface area contributed by atoms with Crippen LogP contribution in [0, 0.1) is 28.6 Å². The molecular weight excluding hydrogens is 472 g/mol. The molecule has 4 aliphatic carbocycles. The molecule has 6 heteroatoms. The summed E-state index contributed by atoms with van der Waals surface area (Å²) in [5.41, 5.74) is 0.389. The van der Waals surface area contributed by atoms with E-state index in [2.05, 4.69) is 34.5 Å². The third kappa shape index (κ3) is 3.95. The lowest BCUT2D eigenvalue weighted by Crippen LogP contribution is -2.64. The normalized spacial score (nSPS) is 40.7. The highest BCUT2D eigenvalue weighted by Gasteiger charge is 2.69. The summed E-state index contributed by atoms with van der Waals surface area (Å²) in [5, 5.41) is 0. The summed E-state index contributed by atoms with van der Waals surface area (Å²) >= 11 is 3.99. The molecule has 0 aromatic carbocycles. The van der Waals surface area contributed by atoms with Gasteiger partial charge in [-0.05, 0) is 83.1 Å². The number of hydrogen-bond donors (Lipinski definition) is 0. The number of ketones is 3. The minimum Gasteiger partial charge on any atom is -0.462 e. The van der Waals surface area contributed by atoms with E-state index in [4.69, 9.17) is 0 Å². The van der Waals surface area contributed by atoms with E-state index < -0.39 is 4.32 Å². The van der Waals surface area contributed by atoms with E-state index in [0.29, 0.717) is 25.2 Å². The van der Waals surface area contributed by atoms with E-state index in [1.54, 1.807) is 6.92 Å². The number of Topliss-reactive ketones (excluding diaryl/α,β-unsaturated/α-hetero) is 2. The van der Waals surface area contributed by atoms with Crippen molar-refractivity contribution < 1.29 is 23.9 Å². The van der Waals surface area contributed by atoms with Gasteiger partial charge in [0.1, 0.15) is 11.4 Å². The predicted octanol–water partition coefficient (Wildman–Crippen LogP) is 5.38. The van der Waals surface area contributed by atoms with E-state index >= 15 is 0 Å². The van der Waals surface area contributed by atoms with Crippen LogP contribution in [-0.2, 0) is 23.9 Å². The van der Waals surface area contributed by atoms with Crippen LogP contribution in [0.2, 0.25) is 0 Å². The van der Waals surface area contributed by atoms with Crippen molar-refractivity contribution in [2.45, 2.75) is 96.4 Å². The monoisotopic (exact) mass is 508 g/mol. The van der Waals surface area contributed by atoms with Gasteiger partial charge in [0.25, 0.3) is 6.47 Å². The zero-order valence-electron chi connectivity index (χ0n) is 20.3. The largest absolute Gasteiger partial charge is 0.462 e. The molecule has 32 heavy (non-hydrogen) atoms. The molecule has 178 valence electrons. The number of carbonyl (C=O) groups excluding carboxylic acids is 4. The van der Waals surface area contributed by atoms with Gasteiger partial charge >= 0.3 is 0 Å². The topological polar surface area (TPSA) is 77.5 Å².